The quantitative estimate of drug-likeness (QED) is 0.223. The average Bonchev–Trinajstić information content (AvgIpc) is 3.48. The zero-order valence-electron chi connectivity index (χ0n) is 23.7. The van der Waals surface area contributed by atoms with E-state index >= 15 is 0 Å². The van der Waals surface area contributed by atoms with E-state index in [4.69, 9.17) is 28.9 Å². The van der Waals surface area contributed by atoms with Crippen molar-refractivity contribution < 1.29 is 18.9 Å². The van der Waals surface area contributed by atoms with Crippen LogP contribution in [0.5, 0.6) is 23.0 Å². The molecule has 0 saturated carbocycles. The van der Waals surface area contributed by atoms with Gasteiger partial charge in [0.05, 0.1) is 56.8 Å². The molecule has 0 aliphatic carbocycles. The maximum absolute atomic E-state index is 6.14. The third kappa shape index (κ3) is 5.14. The number of aliphatic imine (C=N–C) groups is 2. The molecular formula is C32H36N4O4S. The molecule has 4 aliphatic heterocycles. The van der Waals surface area contributed by atoms with Crippen LogP contribution in [-0.4, -0.2) is 85.8 Å². The normalized spacial score (nSPS) is 22.5. The van der Waals surface area contributed by atoms with E-state index in [1.54, 1.807) is 14.2 Å². The third-order valence-corrected chi connectivity index (χ3v) is 9.33. The number of nitrogens with zero attached hydrogens (tertiary/aromatic N) is 4. The number of benzene rings is 2. The first kappa shape index (κ1) is 27.2. The summed E-state index contributed by atoms with van der Waals surface area (Å²) < 4.78 is 23.6. The van der Waals surface area contributed by atoms with Gasteiger partial charge in [0.25, 0.3) is 0 Å². The number of hydrogen-bond acceptors (Lipinski definition) is 8. The fourth-order valence-corrected chi connectivity index (χ4v) is 7.31. The highest BCUT2D eigenvalue weighted by Crippen LogP contribution is 2.44. The molecule has 1 unspecified atom stereocenters. The highest BCUT2D eigenvalue weighted by atomic mass is 32.2. The summed E-state index contributed by atoms with van der Waals surface area (Å²) in [4.78, 5) is 14.1. The predicted octanol–water partition coefficient (Wildman–Crippen LogP) is 5.90. The van der Waals surface area contributed by atoms with Gasteiger partial charge in [0, 0.05) is 65.8 Å². The van der Waals surface area contributed by atoms with Crippen molar-refractivity contribution in [3.8, 4) is 23.0 Å². The summed E-state index contributed by atoms with van der Waals surface area (Å²) in [6.07, 6.45) is 5.54. The lowest BCUT2D eigenvalue weighted by molar-refractivity contribution is 0.235. The van der Waals surface area contributed by atoms with Gasteiger partial charge < -0.3 is 28.7 Å². The van der Waals surface area contributed by atoms with Crippen LogP contribution in [0.2, 0.25) is 0 Å². The Bertz CT molecular complexity index is 1400. The minimum Gasteiger partial charge on any atom is -0.493 e. The molecule has 6 rings (SSSR count). The molecule has 3 atom stereocenters. The fourth-order valence-electron chi connectivity index (χ4n) is 5.72. The molecular weight excluding hydrogens is 536 g/mol. The van der Waals surface area contributed by atoms with Gasteiger partial charge in [0.15, 0.2) is 23.0 Å². The Hall–Kier alpha value is -3.98. The maximum Gasteiger partial charge on any atom is 0.163 e. The molecule has 4 aliphatic rings. The predicted molar refractivity (Wildman–Crippen MR) is 170 cm³/mol. The molecule has 41 heavy (non-hydrogen) atoms. The summed E-state index contributed by atoms with van der Waals surface area (Å²) in [5.74, 6) is 8.75. The number of hydrogen-bond donors (Lipinski definition) is 0. The van der Waals surface area contributed by atoms with E-state index in [0.29, 0.717) is 42.6 Å². The van der Waals surface area contributed by atoms with Crippen molar-refractivity contribution in [3.05, 3.63) is 60.7 Å². The Morgan fingerprint density at radius 2 is 1.37 bits per heavy atom. The van der Waals surface area contributed by atoms with Crippen LogP contribution in [0.1, 0.15) is 24.0 Å². The summed E-state index contributed by atoms with van der Waals surface area (Å²) in [6.45, 7) is 14.5. The van der Waals surface area contributed by atoms with Gasteiger partial charge in [-0.05, 0) is 18.6 Å². The van der Waals surface area contributed by atoms with E-state index < -0.39 is 0 Å². The molecule has 2 fully saturated rings. The van der Waals surface area contributed by atoms with Gasteiger partial charge in [-0.3, -0.25) is 9.98 Å². The summed E-state index contributed by atoms with van der Waals surface area (Å²) in [5, 5.41) is 0. The molecule has 0 amide bonds. The second kappa shape index (κ2) is 11.1. The lowest BCUT2D eigenvalue weighted by Crippen LogP contribution is -2.29. The largest absolute Gasteiger partial charge is 0.493 e. The molecule has 0 bridgehead atoms. The van der Waals surface area contributed by atoms with Crippen molar-refractivity contribution in [1.29, 1.82) is 0 Å². The third-order valence-electron chi connectivity index (χ3n) is 7.87. The monoisotopic (exact) mass is 572 g/mol. The van der Waals surface area contributed by atoms with Crippen molar-refractivity contribution in [2.24, 2.45) is 9.98 Å². The SMILES string of the molecule is C=C1C[C@H]2C=Nc3cc(OCCCOc4cc5c(cc4OC)C(=C)N4CS(=C)C[C@H]4C=N5)c(OC)cc3C(=C)N2C1. The molecule has 0 N–H and O–H groups in total. The molecule has 2 aromatic rings. The zero-order chi connectivity index (χ0) is 28.7. The van der Waals surface area contributed by atoms with E-state index in [9.17, 15) is 0 Å². The van der Waals surface area contributed by atoms with Crippen LogP contribution in [0.4, 0.5) is 11.4 Å². The highest BCUT2D eigenvalue weighted by molar-refractivity contribution is 8.14. The number of fused-ring (bicyclic) bond motifs is 4. The first-order valence-corrected chi connectivity index (χ1v) is 15.4. The van der Waals surface area contributed by atoms with Gasteiger partial charge in [0.2, 0.25) is 0 Å². The Morgan fingerprint density at radius 1 is 0.805 bits per heavy atom. The van der Waals surface area contributed by atoms with E-state index in [-0.39, 0.29) is 22.6 Å². The van der Waals surface area contributed by atoms with Crippen LogP contribution in [0.15, 0.2) is 59.6 Å². The van der Waals surface area contributed by atoms with Crippen LogP contribution in [0.25, 0.3) is 11.4 Å². The minimum absolute atomic E-state index is 0.0951. The first-order chi connectivity index (χ1) is 19.9. The van der Waals surface area contributed by atoms with Crippen molar-refractivity contribution in [2.45, 2.75) is 24.9 Å². The van der Waals surface area contributed by atoms with E-state index in [1.165, 1.54) is 5.57 Å². The van der Waals surface area contributed by atoms with E-state index in [1.807, 2.05) is 36.7 Å². The molecule has 4 heterocycles. The lowest BCUT2D eigenvalue weighted by Gasteiger charge is -2.24. The van der Waals surface area contributed by atoms with Crippen molar-refractivity contribution >= 4 is 51.6 Å². The van der Waals surface area contributed by atoms with Gasteiger partial charge in [0.1, 0.15) is 0 Å². The molecule has 2 saturated heterocycles. The summed E-state index contributed by atoms with van der Waals surface area (Å²) in [7, 11) is 3.39. The minimum atomic E-state index is 0.0951. The molecule has 8 nitrogen and oxygen atoms in total. The average molecular weight is 573 g/mol. The second-order valence-electron chi connectivity index (χ2n) is 10.6. The highest BCUT2D eigenvalue weighted by Gasteiger charge is 2.32. The van der Waals surface area contributed by atoms with Crippen molar-refractivity contribution in [1.82, 2.24) is 9.80 Å². The van der Waals surface area contributed by atoms with Crippen LogP contribution in [0.3, 0.4) is 0 Å². The van der Waals surface area contributed by atoms with Crippen LogP contribution in [0, 0.1) is 0 Å². The number of ether oxygens (including phenoxy) is 4. The summed E-state index contributed by atoms with van der Waals surface area (Å²) in [6, 6.07) is 8.21. The van der Waals surface area contributed by atoms with Gasteiger partial charge >= 0.3 is 0 Å². The first-order valence-electron chi connectivity index (χ1n) is 13.7. The van der Waals surface area contributed by atoms with Crippen molar-refractivity contribution in [2.75, 3.05) is 45.6 Å². The molecule has 214 valence electrons. The number of rotatable bonds is 8. The summed E-state index contributed by atoms with van der Waals surface area (Å²) >= 11 is 0. The molecule has 0 spiro atoms. The van der Waals surface area contributed by atoms with Crippen LogP contribution >= 0.6 is 10.5 Å². The topological polar surface area (TPSA) is 68.1 Å². The summed E-state index contributed by atoms with van der Waals surface area (Å²) in [5.41, 5.74) is 6.63. The van der Waals surface area contributed by atoms with Crippen LogP contribution < -0.4 is 18.9 Å². The van der Waals surface area contributed by atoms with Gasteiger partial charge in [-0.25, -0.2) is 0 Å². The van der Waals surface area contributed by atoms with E-state index in [2.05, 4.69) is 35.4 Å². The molecule has 9 heteroatoms. The maximum atomic E-state index is 6.14. The van der Waals surface area contributed by atoms with Gasteiger partial charge in [-0.15, -0.1) is 0 Å². The zero-order valence-corrected chi connectivity index (χ0v) is 24.5. The standard InChI is InChI=1S/C32H36N4O4S/c1-20-10-23-15-33-27-13-31(29(37-4)11-25(27)21(2)35(23)17-20)39-8-7-9-40-32-14-28-26(12-30(32)38-5)22(3)36-19-41(6)18-24(36)16-34-28/h11-16,23-24H,1-3,6-10,17-19H2,4-5H3/t23-,24+,41?/m0/s1. The second-order valence-corrected chi connectivity index (χ2v) is 12.5. The molecule has 0 aromatic heterocycles. The Labute approximate surface area is 244 Å². The molecule has 0 radical (unpaired) electrons. The van der Waals surface area contributed by atoms with Crippen LogP contribution in [-0.2, 0) is 0 Å². The van der Waals surface area contributed by atoms with Crippen molar-refractivity contribution in [3.63, 3.8) is 0 Å². The van der Waals surface area contributed by atoms with Gasteiger partial charge in [-0.2, -0.15) is 10.5 Å². The Balaban J connectivity index is 1.11. The Kier molecular flexibility index (Phi) is 7.38. The lowest BCUT2D eigenvalue weighted by atomic mass is 10.1. The molecule has 2 aromatic carbocycles. The van der Waals surface area contributed by atoms with E-state index in [0.717, 1.165) is 58.5 Å². The van der Waals surface area contributed by atoms with Gasteiger partial charge in [-0.1, -0.05) is 31.2 Å². The number of methoxy groups -OCH3 is 2. The smallest absolute Gasteiger partial charge is 0.163 e. The fraction of sp³-hybridized carbons (Fsp3) is 0.344. The Morgan fingerprint density at radius 3 is 1.95 bits per heavy atom.